The molecule has 1 aromatic carbocycles. The molecular formula is C14H9F6N. The molecule has 0 saturated heterocycles. The Hall–Kier alpha value is -1.79. The van der Waals surface area contributed by atoms with Crippen LogP contribution in [0.3, 0.4) is 0 Å². The van der Waals surface area contributed by atoms with E-state index in [1.807, 2.05) is 0 Å². The minimum atomic E-state index is -4.69. The summed E-state index contributed by atoms with van der Waals surface area (Å²) in [7, 11) is 0. The number of rotatable bonds is 0. The minimum Gasteiger partial charge on any atom is -0.264 e. The van der Waals surface area contributed by atoms with Gasteiger partial charge in [0, 0.05) is 17.8 Å². The van der Waals surface area contributed by atoms with Crippen molar-refractivity contribution in [3.63, 3.8) is 0 Å². The average Bonchev–Trinajstić information content (AvgIpc) is 2.80. The minimum absolute atomic E-state index is 0.0120. The topological polar surface area (TPSA) is 12.9 Å². The molecule has 7 heteroatoms. The standard InChI is InChI=1S/C14H9F6N/c15-13(16,17)11-7-2-1-3-8(7)12(14(18,19)20)10-6-21-5-4-9(10)11/h4-6H,1-3H2. The Morgan fingerprint density at radius 1 is 0.810 bits per heavy atom. The van der Waals surface area contributed by atoms with E-state index >= 15 is 0 Å². The highest BCUT2D eigenvalue weighted by Gasteiger charge is 2.44. The zero-order valence-corrected chi connectivity index (χ0v) is 10.6. The van der Waals surface area contributed by atoms with Crippen molar-refractivity contribution in [2.75, 3.05) is 0 Å². The largest absolute Gasteiger partial charge is 0.417 e. The molecule has 2 aromatic rings. The summed E-state index contributed by atoms with van der Waals surface area (Å²) in [6, 6.07) is 1.01. The number of benzene rings is 1. The number of pyridine rings is 1. The number of halogens is 6. The van der Waals surface area contributed by atoms with Crippen molar-refractivity contribution in [1.82, 2.24) is 4.98 Å². The zero-order valence-electron chi connectivity index (χ0n) is 10.6. The van der Waals surface area contributed by atoms with Crippen LogP contribution in [0.15, 0.2) is 18.5 Å². The van der Waals surface area contributed by atoms with Crippen LogP contribution in [0.5, 0.6) is 0 Å². The van der Waals surface area contributed by atoms with Gasteiger partial charge in [-0.2, -0.15) is 26.3 Å². The average molecular weight is 305 g/mol. The molecule has 3 rings (SSSR count). The van der Waals surface area contributed by atoms with Crippen LogP contribution in [0.1, 0.15) is 28.7 Å². The Balaban J connectivity index is 2.52. The summed E-state index contributed by atoms with van der Waals surface area (Å²) in [5.74, 6) is 0. The van der Waals surface area contributed by atoms with Gasteiger partial charge in [0.15, 0.2) is 0 Å². The molecule has 1 nitrogen and oxygen atoms in total. The predicted molar refractivity (Wildman–Crippen MR) is 63.8 cm³/mol. The summed E-state index contributed by atoms with van der Waals surface area (Å²) in [5, 5.41) is -0.900. The number of hydrogen-bond acceptors (Lipinski definition) is 1. The lowest BCUT2D eigenvalue weighted by Gasteiger charge is -2.21. The monoisotopic (exact) mass is 305 g/mol. The summed E-state index contributed by atoms with van der Waals surface area (Å²) < 4.78 is 79.8. The number of hydrogen-bond donors (Lipinski definition) is 0. The quantitative estimate of drug-likeness (QED) is 0.639. The summed E-state index contributed by atoms with van der Waals surface area (Å²) >= 11 is 0. The van der Waals surface area contributed by atoms with E-state index in [1.165, 1.54) is 0 Å². The molecule has 0 amide bonds. The van der Waals surface area contributed by atoms with E-state index in [9.17, 15) is 26.3 Å². The summed E-state index contributed by atoms with van der Waals surface area (Å²) in [5.41, 5.74) is -2.35. The molecule has 21 heavy (non-hydrogen) atoms. The van der Waals surface area contributed by atoms with Crippen molar-refractivity contribution in [3.8, 4) is 0 Å². The molecular weight excluding hydrogens is 296 g/mol. The second kappa shape index (κ2) is 4.35. The van der Waals surface area contributed by atoms with Crippen LogP contribution in [0, 0.1) is 0 Å². The van der Waals surface area contributed by atoms with Gasteiger partial charge in [0.2, 0.25) is 0 Å². The van der Waals surface area contributed by atoms with E-state index in [1.54, 1.807) is 0 Å². The second-order valence-electron chi connectivity index (χ2n) is 4.98. The lowest BCUT2D eigenvalue weighted by Crippen LogP contribution is -2.16. The Labute approximate surface area is 115 Å². The lowest BCUT2D eigenvalue weighted by atomic mass is 9.91. The van der Waals surface area contributed by atoms with E-state index in [0.717, 1.165) is 18.5 Å². The fraction of sp³-hybridized carbons (Fsp3) is 0.357. The molecule has 1 heterocycles. The third-order valence-electron chi connectivity index (χ3n) is 3.75. The molecule has 0 N–H and O–H groups in total. The highest BCUT2D eigenvalue weighted by atomic mass is 19.4. The van der Waals surface area contributed by atoms with Gasteiger partial charge in [-0.1, -0.05) is 0 Å². The van der Waals surface area contributed by atoms with E-state index in [0.29, 0.717) is 6.42 Å². The normalized spacial score (nSPS) is 15.5. The van der Waals surface area contributed by atoms with E-state index in [2.05, 4.69) is 4.98 Å². The van der Waals surface area contributed by atoms with Crippen molar-refractivity contribution in [2.45, 2.75) is 31.6 Å². The van der Waals surface area contributed by atoms with Crippen LogP contribution in [0.4, 0.5) is 26.3 Å². The van der Waals surface area contributed by atoms with Crippen molar-refractivity contribution >= 4 is 10.8 Å². The molecule has 0 unspecified atom stereocenters. The third kappa shape index (κ3) is 2.15. The van der Waals surface area contributed by atoms with Crippen molar-refractivity contribution in [2.24, 2.45) is 0 Å². The highest BCUT2D eigenvalue weighted by Crippen LogP contribution is 2.48. The fourth-order valence-corrected chi connectivity index (χ4v) is 3.08. The number of alkyl halides is 6. The van der Waals surface area contributed by atoms with Gasteiger partial charge < -0.3 is 0 Å². The molecule has 0 saturated carbocycles. The van der Waals surface area contributed by atoms with Gasteiger partial charge in [0.05, 0.1) is 11.1 Å². The molecule has 112 valence electrons. The molecule has 0 fully saturated rings. The van der Waals surface area contributed by atoms with E-state index in [-0.39, 0.29) is 24.0 Å². The second-order valence-corrected chi connectivity index (χ2v) is 4.98. The van der Waals surface area contributed by atoms with Crippen LogP contribution in [0.2, 0.25) is 0 Å². The first-order valence-electron chi connectivity index (χ1n) is 6.27. The van der Waals surface area contributed by atoms with Crippen molar-refractivity contribution < 1.29 is 26.3 Å². The van der Waals surface area contributed by atoms with Gasteiger partial charge in [-0.05, 0) is 41.8 Å². The summed E-state index contributed by atoms with van der Waals surface area (Å²) in [6.45, 7) is 0. The molecule has 1 aromatic heterocycles. The predicted octanol–water partition coefficient (Wildman–Crippen LogP) is 4.76. The first-order valence-corrected chi connectivity index (χ1v) is 6.27. The molecule has 0 aliphatic heterocycles. The fourth-order valence-electron chi connectivity index (χ4n) is 3.08. The molecule has 0 radical (unpaired) electrons. The smallest absolute Gasteiger partial charge is 0.264 e. The summed E-state index contributed by atoms with van der Waals surface area (Å²) in [4.78, 5) is 3.57. The highest BCUT2D eigenvalue weighted by molar-refractivity contribution is 5.91. The van der Waals surface area contributed by atoms with Crippen LogP contribution in [0.25, 0.3) is 10.8 Å². The van der Waals surface area contributed by atoms with Gasteiger partial charge in [-0.3, -0.25) is 4.98 Å². The Morgan fingerprint density at radius 3 is 1.86 bits per heavy atom. The lowest BCUT2D eigenvalue weighted by molar-refractivity contribution is -0.140. The first kappa shape index (κ1) is 14.2. The van der Waals surface area contributed by atoms with Gasteiger partial charge in [0.25, 0.3) is 0 Å². The van der Waals surface area contributed by atoms with E-state index in [4.69, 9.17) is 0 Å². The maximum atomic E-state index is 13.3. The van der Waals surface area contributed by atoms with Crippen molar-refractivity contribution in [3.05, 3.63) is 40.7 Å². The SMILES string of the molecule is FC(F)(F)c1c2c(c(C(F)(F)F)c3cnccc13)CCC2. The molecule has 0 atom stereocenters. The van der Waals surface area contributed by atoms with Crippen LogP contribution < -0.4 is 0 Å². The Kier molecular flexibility index (Phi) is 2.93. The molecule has 1 aliphatic carbocycles. The zero-order chi connectivity index (χ0) is 15.4. The summed E-state index contributed by atoms with van der Waals surface area (Å²) in [6.07, 6.45) is -7.10. The van der Waals surface area contributed by atoms with Gasteiger partial charge >= 0.3 is 12.4 Å². The number of nitrogens with zero attached hydrogens (tertiary/aromatic N) is 1. The molecule has 0 bridgehead atoms. The van der Waals surface area contributed by atoms with E-state index < -0.39 is 34.3 Å². The maximum absolute atomic E-state index is 13.3. The number of aromatic nitrogens is 1. The van der Waals surface area contributed by atoms with Crippen LogP contribution >= 0.6 is 0 Å². The third-order valence-corrected chi connectivity index (χ3v) is 3.75. The van der Waals surface area contributed by atoms with Crippen LogP contribution in [-0.4, -0.2) is 4.98 Å². The first-order chi connectivity index (χ1) is 9.71. The molecule has 1 aliphatic rings. The van der Waals surface area contributed by atoms with Gasteiger partial charge in [-0.25, -0.2) is 0 Å². The van der Waals surface area contributed by atoms with Crippen molar-refractivity contribution in [1.29, 1.82) is 0 Å². The maximum Gasteiger partial charge on any atom is 0.417 e. The van der Waals surface area contributed by atoms with Crippen LogP contribution in [-0.2, 0) is 25.2 Å². The Bertz CT molecular complexity index is 653. The van der Waals surface area contributed by atoms with Gasteiger partial charge in [-0.15, -0.1) is 0 Å². The number of fused-ring (bicyclic) bond motifs is 2. The Morgan fingerprint density at radius 2 is 1.33 bits per heavy atom. The van der Waals surface area contributed by atoms with Gasteiger partial charge in [0.1, 0.15) is 0 Å². The molecule has 0 spiro atoms.